The molecule has 1 aliphatic rings. The fourth-order valence-electron chi connectivity index (χ4n) is 3.19. The van der Waals surface area contributed by atoms with Crippen molar-refractivity contribution in [3.05, 3.63) is 24.2 Å². The summed E-state index contributed by atoms with van der Waals surface area (Å²) in [5.74, 6) is 1.85. The minimum atomic E-state index is -0.0423. The molecule has 6 nitrogen and oxygen atoms in total. The van der Waals surface area contributed by atoms with E-state index in [1.165, 1.54) is 0 Å². The van der Waals surface area contributed by atoms with Gasteiger partial charge in [0.05, 0.1) is 18.8 Å². The van der Waals surface area contributed by atoms with E-state index in [1.807, 2.05) is 19.1 Å². The van der Waals surface area contributed by atoms with Crippen LogP contribution in [0.15, 0.2) is 27.8 Å². The third-order valence-corrected chi connectivity index (χ3v) is 4.71. The maximum absolute atomic E-state index is 11.9. The molecular weight excluding hydrogens is 457 g/mol. The Morgan fingerprint density at radius 1 is 1.30 bits per heavy atom. The molecule has 0 spiro atoms. The van der Waals surface area contributed by atoms with Gasteiger partial charge in [-0.2, -0.15) is 0 Å². The van der Waals surface area contributed by atoms with Gasteiger partial charge in [-0.25, -0.2) is 0 Å². The first kappa shape index (κ1) is 23.8. The Morgan fingerprint density at radius 3 is 2.70 bits per heavy atom. The lowest BCUT2D eigenvalue weighted by Crippen LogP contribution is -2.46. The van der Waals surface area contributed by atoms with Gasteiger partial charge < -0.3 is 19.8 Å². The lowest BCUT2D eigenvalue weighted by molar-refractivity contribution is -0.149. The Hall–Kier alpha value is -1.25. The maximum Gasteiger partial charge on any atom is 0.308 e. The molecule has 154 valence electrons. The number of furan rings is 1. The van der Waals surface area contributed by atoms with Crippen LogP contribution in [0.25, 0.3) is 0 Å². The van der Waals surface area contributed by atoms with E-state index >= 15 is 0 Å². The summed E-state index contributed by atoms with van der Waals surface area (Å²) in [6.07, 6.45) is 8.44. The highest BCUT2D eigenvalue weighted by atomic mass is 127. The maximum atomic E-state index is 11.9. The average Bonchev–Trinajstić information content (AvgIpc) is 3.16. The van der Waals surface area contributed by atoms with Gasteiger partial charge in [-0.3, -0.25) is 9.79 Å². The smallest absolute Gasteiger partial charge is 0.308 e. The van der Waals surface area contributed by atoms with Gasteiger partial charge in [0, 0.05) is 25.6 Å². The summed E-state index contributed by atoms with van der Waals surface area (Å²) in [5.41, 5.74) is 0. The third-order valence-electron chi connectivity index (χ3n) is 4.71. The summed E-state index contributed by atoms with van der Waals surface area (Å²) >= 11 is 0. The second-order valence-electron chi connectivity index (χ2n) is 6.78. The number of ether oxygens (including phenoxy) is 1. The molecule has 0 aromatic carbocycles. The van der Waals surface area contributed by atoms with Gasteiger partial charge in [-0.15, -0.1) is 24.0 Å². The van der Waals surface area contributed by atoms with Crippen molar-refractivity contribution in [3.8, 4) is 0 Å². The summed E-state index contributed by atoms with van der Waals surface area (Å²) in [4.78, 5) is 16.5. The van der Waals surface area contributed by atoms with Crippen LogP contribution < -0.4 is 10.6 Å². The zero-order chi connectivity index (χ0) is 18.6. The molecule has 27 heavy (non-hydrogen) atoms. The zero-order valence-electron chi connectivity index (χ0n) is 16.5. The van der Waals surface area contributed by atoms with Crippen LogP contribution in [0.3, 0.4) is 0 Å². The van der Waals surface area contributed by atoms with E-state index in [1.54, 1.807) is 6.26 Å². The van der Waals surface area contributed by atoms with Crippen molar-refractivity contribution in [1.82, 2.24) is 10.6 Å². The fraction of sp³-hybridized carbons (Fsp3) is 0.700. The van der Waals surface area contributed by atoms with E-state index in [9.17, 15) is 4.79 Å². The van der Waals surface area contributed by atoms with E-state index in [4.69, 9.17) is 9.15 Å². The topological polar surface area (TPSA) is 75.9 Å². The number of unbranched alkanes of at least 4 members (excludes halogenated alkanes) is 1. The van der Waals surface area contributed by atoms with Gasteiger partial charge in [0.2, 0.25) is 0 Å². The highest BCUT2D eigenvalue weighted by molar-refractivity contribution is 14.0. The van der Waals surface area contributed by atoms with Gasteiger partial charge in [0.25, 0.3) is 0 Å². The van der Waals surface area contributed by atoms with Crippen LogP contribution in [0.4, 0.5) is 0 Å². The van der Waals surface area contributed by atoms with Crippen LogP contribution in [0.2, 0.25) is 0 Å². The van der Waals surface area contributed by atoms with Crippen molar-refractivity contribution < 1.29 is 13.9 Å². The number of guanidine groups is 1. The standard InChI is InChI=1S/C20H33N3O3.HI/c1-3-5-13-21-20(22-14-12-18-7-6-15-26-18)23-17-10-8-16(9-11-17)19(24)25-4-2;/h6-7,15-17H,3-5,8-14H2,1-2H3,(H2,21,22,23);1H. The van der Waals surface area contributed by atoms with E-state index in [0.29, 0.717) is 12.6 Å². The van der Waals surface area contributed by atoms with Gasteiger partial charge in [-0.05, 0) is 51.2 Å². The van der Waals surface area contributed by atoms with Crippen LogP contribution in [0.1, 0.15) is 58.1 Å². The quantitative estimate of drug-likeness (QED) is 0.180. The van der Waals surface area contributed by atoms with Gasteiger partial charge in [-0.1, -0.05) is 13.3 Å². The van der Waals surface area contributed by atoms with E-state index in [-0.39, 0.29) is 35.9 Å². The molecule has 0 amide bonds. The largest absolute Gasteiger partial charge is 0.469 e. The van der Waals surface area contributed by atoms with Crippen LogP contribution in [0, 0.1) is 5.92 Å². The van der Waals surface area contributed by atoms with E-state index in [0.717, 1.165) is 69.8 Å². The van der Waals surface area contributed by atoms with Crippen molar-refractivity contribution in [2.75, 3.05) is 19.7 Å². The molecule has 0 atom stereocenters. The van der Waals surface area contributed by atoms with Gasteiger partial charge in [0.15, 0.2) is 5.96 Å². The molecule has 0 saturated heterocycles. The molecule has 1 heterocycles. The molecular formula is C20H34IN3O3. The normalized spacial score (nSPS) is 19.9. The van der Waals surface area contributed by atoms with Crippen molar-refractivity contribution in [1.29, 1.82) is 0 Å². The summed E-state index contributed by atoms with van der Waals surface area (Å²) in [7, 11) is 0. The molecule has 1 saturated carbocycles. The molecule has 0 bridgehead atoms. The van der Waals surface area contributed by atoms with Crippen molar-refractivity contribution in [2.24, 2.45) is 10.9 Å². The fourth-order valence-corrected chi connectivity index (χ4v) is 3.19. The number of carbonyl (C=O) groups excluding carboxylic acids is 1. The first-order valence-electron chi connectivity index (χ1n) is 9.96. The lowest BCUT2D eigenvalue weighted by Gasteiger charge is -2.29. The Morgan fingerprint density at radius 2 is 2.07 bits per heavy atom. The SMILES string of the molecule is CCCCN=C(NCCc1ccco1)NC1CCC(C(=O)OCC)CC1.I. The minimum absolute atomic E-state index is 0. The number of halogens is 1. The zero-order valence-corrected chi connectivity index (χ0v) is 18.9. The number of hydrogen-bond acceptors (Lipinski definition) is 4. The highest BCUT2D eigenvalue weighted by Gasteiger charge is 2.27. The van der Waals surface area contributed by atoms with E-state index in [2.05, 4.69) is 22.5 Å². The third kappa shape index (κ3) is 8.99. The summed E-state index contributed by atoms with van der Waals surface area (Å²) in [6, 6.07) is 4.25. The summed E-state index contributed by atoms with van der Waals surface area (Å²) < 4.78 is 10.5. The number of nitrogens with zero attached hydrogens (tertiary/aromatic N) is 1. The number of nitrogens with one attached hydrogen (secondary N) is 2. The van der Waals surface area contributed by atoms with E-state index < -0.39 is 0 Å². The number of carbonyl (C=O) groups is 1. The molecule has 1 fully saturated rings. The van der Waals surface area contributed by atoms with Gasteiger partial charge >= 0.3 is 5.97 Å². The number of esters is 1. The van der Waals surface area contributed by atoms with Crippen molar-refractivity contribution in [2.45, 2.75) is 64.8 Å². The first-order valence-corrected chi connectivity index (χ1v) is 9.96. The number of aliphatic imine (C=N–C) groups is 1. The van der Waals surface area contributed by atoms with Crippen LogP contribution in [0.5, 0.6) is 0 Å². The second kappa shape index (κ2) is 13.8. The lowest BCUT2D eigenvalue weighted by atomic mass is 9.86. The molecule has 7 heteroatoms. The summed E-state index contributed by atoms with van der Waals surface area (Å²) in [6.45, 7) is 6.10. The Kier molecular flexibility index (Phi) is 12.2. The van der Waals surface area contributed by atoms with Gasteiger partial charge in [0.1, 0.15) is 5.76 Å². The molecule has 2 rings (SSSR count). The molecule has 0 radical (unpaired) electrons. The highest BCUT2D eigenvalue weighted by Crippen LogP contribution is 2.25. The predicted octanol–water partition coefficient (Wildman–Crippen LogP) is 3.90. The monoisotopic (exact) mass is 491 g/mol. The Labute approximate surface area is 179 Å². The molecule has 0 aliphatic heterocycles. The average molecular weight is 491 g/mol. The van der Waals surface area contributed by atoms with Crippen LogP contribution >= 0.6 is 24.0 Å². The molecule has 1 aromatic heterocycles. The van der Waals surface area contributed by atoms with Crippen LogP contribution in [-0.2, 0) is 16.0 Å². The van der Waals surface area contributed by atoms with Crippen molar-refractivity contribution >= 4 is 35.9 Å². The molecule has 0 unspecified atom stereocenters. The number of rotatable bonds is 9. The molecule has 1 aromatic rings. The summed E-state index contributed by atoms with van der Waals surface area (Å²) in [5, 5.41) is 6.95. The molecule has 2 N–H and O–H groups in total. The first-order chi connectivity index (χ1) is 12.7. The Balaban J connectivity index is 0.00000364. The number of hydrogen-bond donors (Lipinski definition) is 2. The second-order valence-corrected chi connectivity index (χ2v) is 6.78. The predicted molar refractivity (Wildman–Crippen MR) is 119 cm³/mol. The van der Waals surface area contributed by atoms with Crippen LogP contribution in [-0.4, -0.2) is 37.7 Å². The Bertz CT molecular complexity index is 541. The van der Waals surface area contributed by atoms with Crippen molar-refractivity contribution in [3.63, 3.8) is 0 Å². The molecule has 1 aliphatic carbocycles. The minimum Gasteiger partial charge on any atom is -0.469 e.